The van der Waals surface area contributed by atoms with Gasteiger partial charge in [-0.05, 0) is 37.1 Å². The zero-order valence-corrected chi connectivity index (χ0v) is 16.0. The predicted molar refractivity (Wildman–Crippen MR) is 105 cm³/mol. The van der Waals surface area contributed by atoms with Crippen LogP contribution < -0.4 is 4.90 Å². The molecule has 0 radical (unpaired) electrons. The number of esters is 1. The van der Waals surface area contributed by atoms with Crippen molar-refractivity contribution in [3.05, 3.63) is 59.3 Å². The Labute approximate surface area is 160 Å². The summed E-state index contributed by atoms with van der Waals surface area (Å²) < 4.78 is 5.35. The largest absolute Gasteiger partial charge is 0.459 e. The molecule has 1 fully saturated rings. The van der Waals surface area contributed by atoms with E-state index in [0.717, 1.165) is 38.3 Å². The number of piperazine rings is 1. The number of aliphatic hydroxyl groups excluding tert-OH is 1. The summed E-state index contributed by atoms with van der Waals surface area (Å²) in [6, 6.07) is 11.6. The van der Waals surface area contributed by atoms with Crippen LogP contribution in [0.3, 0.4) is 0 Å². The minimum Gasteiger partial charge on any atom is -0.459 e. The fraction of sp³-hybridized carbons (Fsp3) is 0.429. The summed E-state index contributed by atoms with van der Waals surface area (Å²) in [5.41, 5.74) is 2.66. The van der Waals surface area contributed by atoms with Crippen LogP contribution in [0.4, 0.5) is 5.82 Å². The van der Waals surface area contributed by atoms with Crippen LogP contribution in [0.1, 0.15) is 35.3 Å². The van der Waals surface area contributed by atoms with Crippen molar-refractivity contribution in [1.82, 2.24) is 9.88 Å². The summed E-state index contributed by atoms with van der Waals surface area (Å²) >= 11 is 0. The van der Waals surface area contributed by atoms with Crippen LogP contribution in [0, 0.1) is 0 Å². The number of nitrogens with zero attached hydrogens (tertiary/aromatic N) is 3. The standard InChI is InChI=1S/C21H27N3O3/c1-16(2)27-21(26)19-7-4-8-22-20(19)24-11-9-23(10-12-24)14-17-5-3-6-18(13-17)15-25/h3-8,13,16,25H,9-12,14-15H2,1-2H3. The SMILES string of the molecule is CC(C)OC(=O)c1cccnc1N1CCN(Cc2cccc(CO)c2)CC1. The zero-order valence-electron chi connectivity index (χ0n) is 16.0. The number of aromatic nitrogens is 1. The summed E-state index contributed by atoms with van der Waals surface area (Å²) in [6.07, 6.45) is 1.56. The molecule has 144 valence electrons. The van der Waals surface area contributed by atoms with Crippen LogP contribution in [-0.2, 0) is 17.9 Å². The van der Waals surface area contributed by atoms with E-state index in [1.165, 1.54) is 5.56 Å². The first-order chi connectivity index (χ1) is 13.1. The Morgan fingerprint density at radius 3 is 2.59 bits per heavy atom. The molecule has 2 aromatic rings. The van der Waals surface area contributed by atoms with E-state index in [-0.39, 0.29) is 18.7 Å². The van der Waals surface area contributed by atoms with E-state index in [1.54, 1.807) is 18.3 Å². The van der Waals surface area contributed by atoms with Gasteiger partial charge in [0.2, 0.25) is 0 Å². The maximum atomic E-state index is 12.4. The monoisotopic (exact) mass is 369 g/mol. The van der Waals surface area contributed by atoms with Gasteiger partial charge in [-0.1, -0.05) is 24.3 Å². The molecule has 0 atom stereocenters. The van der Waals surface area contributed by atoms with E-state index < -0.39 is 0 Å². The second-order valence-corrected chi connectivity index (χ2v) is 7.07. The normalized spacial score (nSPS) is 15.2. The highest BCUT2D eigenvalue weighted by atomic mass is 16.5. The number of pyridine rings is 1. The van der Waals surface area contributed by atoms with Crippen LogP contribution in [0.25, 0.3) is 0 Å². The van der Waals surface area contributed by atoms with Gasteiger partial charge in [-0.2, -0.15) is 0 Å². The Balaban J connectivity index is 1.63. The van der Waals surface area contributed by atoms with Gasteiger partial charge in [-0.15, -0.1) is 0 Å². The van der Waals surface area contributed by atoms with Crippen molar-refractivity contribution >= 4 is 11.8 Å². The third-order valence-electron chi connectivity index (χ3n) is 4.60. The van der Waals surface area contributed by atoms with Crippen molar-refractivity contribution in [3.8, 4) is 0 Å². The number of rotatable bonds is 6. The van der Waals surface area contributed by atoms with Gasteiger partial charge in [0, 0.05) is 38.9 Å². The Kier molecular flexibility index (Phi) is 6.42. The predicted octanol–water partition coefficient (Wildman–Crippen LogP) is 2.46. The third-order valence-corrected chi connectivity index (χ3v) is 4.60. The van der Waals surface area contributed by atoms with Gasteiger partial charge < -0.3 is 14.7 Å². The topological polar surface area (TPSA) is 65.9 Å². The molecule has 0 spiro atoms. The third kappa shape index (κ3) is 5.05. The molecule has 3 rings (SSSR count). The van der Waals surface area contributed by atoms with Crippen LogP contribution in [0.5, 0.6) is 0 Å². The summed E-state index contributed by atoms with van der Waals surface area (Å²) in [5.74, 6) is 0.376. The van der Waals surface area contributed by atoms with E-state index in [2.05, 4.69) is 20.9 Å². The summed E-state index contributed by atoms with van der Waals surface area (Å²) in [4.78, 5) is 21.3. The Morgan fingerprint density at radius 2 is 1.89 bits per heavy atom. The van der Waals surface area contributed by atoms with Gasteiger partial charge in [-0.3, -0.25) is 4.90 Å². The van der Waals surface area contributed by atoms with E-state index >= 15 is 0 Å². The number of hydrogen-bond donors (Lipinski definition) is 1. The molecule has 0 bridgehead atoms. The van der Waals surface area contributed by atoms with Crippen LogP contribution in [-0.4, -0.2) is 53.2 Å². The van der Waals surface area contributed by atoms with Gasteiger partial charge in [0.15, 0.2) is 0 Å². The number of aliphatic hydroxyl groups is 1. The lowest BCUT2D eigenvalue weighted by atomic mass is 10.1. The van der Waals surface area contributed by atoms with Crippen molar-refractivity contribution in [1.29, 1.82) is 0 Å². The number of anilines is 1. The van der Waals surface area contributed by atoms with Crippen molar-refractivity contribution in [2.75, 3.05) is 31.1 Å². The van der Waals surface area contributed by atoms with Crippen LogP contribution in [0.2, 0.25) is 0 Å². The second-order valence-electron chi connectivity index (χ2n) is 7.07. The quantitative estimate of drug-likeness (QED) is 0.789. The minimum absolute atomic E-state index is 0.0660. The van der Waals surface area contributed by atoms with Gasteiger partial charge in [0.25, 0.3) is 0 Å². The average Bonchev–Trinajstić information content (AvgIpc) is 2.68. The van der Waals surface area contributed by atoms with Crippen LogP contribution in [0.15, 0.2) is 42.6 Å². The van der Waals surface area contributed by atoms with Crippen molar-refractivity contribution in [3.63, 3.8) is 0 Å². The fourth-order valence-electron chi connectivity index (χ4n) is 3.29. The molecular weight excluding hydrogens is 342 g/mol. The summed E-state index contributed by atoms with van der Waals surface area (Å²) in [6.45, 7) is 7.99. The van der Waals surface area contributed by atoms with Gasteiger partial charge in [0.1, 0.15) is 11.4 Å². The maximum Gasteiger partial charge on any atom is 0.342 e. The molecule has 1 aromatic carbocycles. The van der Waals surface area contributed by atoms with Crippen LogP contribution >= 0.6 is 0 Å². The Hall–Kier alpha value is -2.44. The molecular formula is C21H27N3O3. The van der Waals surface area contributed by atoms with Crippen molar-refractivity contribution in [2.45, 2.75) is 33.1 Å². The molecule has 2 heterocycles. The van der Waals surface area contributed by atoms with E-state index in [9.17, 15) is 9.90 Å². The minimum atomic E-state index is -0.323. The number of ether oxygens (including phenoxy) is 1. The molecule has 1 aliphatic rings. The lowest BCUT2D eigenvalue weighted by Crippen LogP contribution is -2.46. The fourth-order valence-corrected chi connectivity index (χ4v) is 3.29. The molecule has 1 saturated heterocycles. The van der Waals surface area contributed by atoms with E-state index in [4.69, 9.17) is 4.74 Å². The number of carbonyl (C=O) groups is 1. The van der Waals surface area contributed by atoms with Crippen molar-refractivity contribution in [2.24, 2.45) is 0 Å². The number of benzene rings is 1. The zero-order chi connectivity index (χ0) is 19.2. The number of hydrogen-bond acceptors (Lipinski definition) is 6. The Bertz CT molecular complexity index is 771. The van der Waals surface area contributed by atoms with Gasteiger partial charge in [-0.25, -0.2) is 9.78 Å². The molecule has 1 aromatic heterocycles. The first-order valence-electron chi connectivity index (χ1n) is 9.39. The van der Waals surface area contributed by atoms with Gasteiger partial charge in [0.05, 0.1) is 12.7 Å². The molecule has 1 aliphatic heterocycles. The lowest BCUT2D eigenvalue weighted by molar-refractivity contribution is 0.0378. The Morgan fingerprint density at radius 1 is 1.15 bits per heavy atom. The molecule has 0 saturated carbocycles. The maximum absolute atomic E-state index is 12.4. The van der Waals surface area contributed by atoms with E-state index in [0.29, 0.717) is 11.4 Å². The molecule has 1 N–H and O–H groups in total. The average molecular weight is 369 g/mol. The smallest absolute Gasteiger partial charge is 0.342 e. The lowest BCUT2D eigenvalue weighted by Gasteiger charge is -2.36. The molecule has 27 heavy (non-hydrogen) atoms. The highest BCUT2D eigenvalue weighted by molar-refractivity contribution is 5.94. The second kappa shape index (κ2) is 8.97. The first kappa shape index (κ1) is 19.3. The summed E-state index contributed by atoms with van der Waals surface area (Å²) in [5, 5.41) is 9.29. The molecule has 0 aliphatic carbocycles. The molecule has 6 heteroatoms. The highest BCUT2D eigenvalue weighted by Crippen LogP contribution is 2.21. The molecule has 0 amide bonds. The molecule has 0 unspecified atom stereocenters. The first-order valence-corrected chi connectivity index (χ1v) is 9.39. The van der Waals surface area contributed by atoms with E-state index in [1.807, 2.05) is 32.0 Å². The number of carbonyl (C=O) groups excluding carboxylic acids is 1. The van der Waals surface area contributed by atoms with Gasteiger partial charge >= 0.3 is 5.97 Å². The summed E-state index contributed by atoms with van der Waals surface area (Å²) in [7, 11) is 0. The molecule has 6 nitrogen and oxygen atoms in total. The highest BCUT2D eigenvalue weighted by Gasteiger charge is 2.23. The van der Waals surface area contributed by atoms with Crippen molar-refractivity contribution < 1.29 is 14.6 Å².